The summed E-state index contributed by atoms with van der Waals surface area (Å²) in [6.07, 6.45) is 1.26. The number of fused-ring (bicyclic) bond motifs is 1. The highest BCUT2D eigenvalue weighted by Gasteiger charge is 2.30. The molecule has 2 aliphatic heterocycles. The smallest absolute Gasteiger partial charge is 0.422 e. The molecule has 1 saturated heterocycles. The normalized spacial score (nSPS) is 21.8. The molecular weight excluding hydrogens is 487 g/mol. The number of rotatable bonds is 9. The fourth-order valence-electron chi connectivity index (χ4n) is 4.44. The summed E-state index contributed by atoms with van der Waals surface area (Å²) in [7, 11) is 0. The Balaban J connectivity index is 1.13. The number of thiazole rings is 2. The molecule has 4 heterocycles. The third kappa shape index (κ3) is 7.73. The monoisotopic (exact) mass is 517 g/mol. The molecule has 0 saturated carbocycles. The number of alkyl halides is 3. The van der Waals surface area contributed by atoms with Crippen LogP contribution in [-0.4, -0.2) is 65.8 Å². The summed E-state index contributed by atoms with van der Waals surface area (Å²) in [6.45, 7) is 3.88. The van der Waals surface area contributed by atoms with Crippen LogP contribution in [0, 0.1) is 12.8 Å². The lowest BCUT2D eigenvalue weighted by molar-refractivity contribution is -0.153. The zero-order valence-corrected chi connectivity index (χ0v) is 20.9. The van der Waals surface area contributed by atoms with Crippen molar-refractivity contribution in [2.24, 2.45) is 5.92 Å². The maximum atomic E-state index is 12.4. The van der Waals surface area contributed by atoms with E-state index in [0.29, 0.717) is 25.4 Å². The van der Waals surface area contributed by atoms with Crippen LogP contribution in [0.1, 0.15) is 47.0 Å². The first-order chi connectivity index (χ1) is 16.2. The zero-order chi connectivity index (χ0) is 24.1. The van der Waals surface area contributed by atoms with E-state index in [4.69, 9.17) is 9.47 Å². The van der Waals surface area contributed by atoms with Gasteiger partial charge in [-0.05, 0) is 38.5 Å². The highest BCUT2D eigenvalue weighted by atomic mass is 32.1. The molecule has 2 atom stereocenters. The summed E-state index contributed by atoms with van der Waals surface area (Å²) < 4.78 is 48.0. The highest BCUT2D eigenvalue weighted by Crippen LogP contribution is 2.30. The predicted octanol–water partition coefficient (Wildman–Crippen LogP) is 4.64. The van der Waals surface area contributed by atoms with Crippen LogP contribution in [0.3, 0.4) is 0 Å². The molecule has 2 aliphatic rings. The SMILES string of the molecule is Cc1csc(CC(=O)C[C@H]2CC[C@H](CCN3CCc4nc(OCC(F)(F)F)sc4CC3)OC2)n1. The molecule has 1 fully saturated rings. The van der Waals surface area contributed by atoms with E-state index in [2.05, 4.69) is 14.9 Å². The Morgan fingerprint density at radius 3 is 2.79 bits per heavy atom. The van der Waals surface area contributed by atoms with Crippen LogP contribution in [0.5, 0.6) is 5.19 Å². The molecule has 4 rings (SSSR count). The fourth-order valence-corrected chi connectivity index (χ4v) is 6.18. The number of hydrogen-bond donors (Lipinski definition) is 0. The zero-order valence-electron chi connectivity index (χ0n) is 19.2. The highest BCUT2D eigenvalue weighted by molar-refractivity contribution is 7.13. The number of ether oxygens (including phenoxy) is 2. The molecule has 0 N–H and O–H groups in total. The van der Waals surface area contributed by atoms with Crippen molar-refractivity contribution in [1.29, 1.82) is 0 Å². The lowest BCUT2D eigenvalue weighted by atomic mass is 9.92. The minimum atomic E-state index is -4.35. The summed E-state index contributed by atoms with van der Waals surface area (Å²) in [6, 6.07) is 0. The summed E-state index contributed by atoms with van der Waals surface area (Å²) in [4.78, 5) is 24.4. The van der Waals surface area contributed by atoms with Gasteiger partial charge in [0, 0.05) is 48.4 Å². The van der Waals surface area contributed by atoms with Crippen molar-refractivity contribution in [1.82, 2.24) is 14.9 Å². The van der Waals surface area contributed by atoms with Crippen molar-refractivity contribution >= 4 is 28.5 Å². The van der Waals surface area contributed by atoms with E-state index in [1.165, 1.54) is 11.3 Å². The van der Waals surface area contributed by atoms with Crippen LogP contribution in [-0.2, 0) is 28.8 Å². The lowest BCUT2D eigenvalue weighted by Crippen LogP contribution is -2.33. The molecular formula is C23H30F3N3O3S2. The van der Waals surface area contributed by atoms with Gasteiger partial charge < -0.3 is 14.4 Å². The summed E-state index contributed by atoms with van der Waals surface area (Å²) in [5.41, 5.74) is 1.83. The van der Waals surface area contributed by atoms with Gasteiger partial charge in [0.1, 0.15) is 10.8 Å². The first-order valence-electron chi connectivity index (χ1n) is 11.7. The minimum absolute atomic E-state index is 0.112. The van der Waals surface area contributed by atoms with Crippen molar-refractivity contribution in [3.05, 3.63) is 26.7 Å². The largest absolute Gasteiger partial charge is 0.460 e. The molecule has 0 amide bonds. The molecule has 0 unspecified atom stereocenters. The molecule has 0 radical (unpaired) electrons. The van der Waals surface area contributed by atoms with Crippen LogP contribution in [0.15, 0.2) is 5.38 Å². The first kappa shape index (κ1) is 25.5. The lowest BCUT2D eigenvalue weighted by Gasteiger charge is -2.30. The van der Waals surface area contributed by atoms with E-state index in [0.717, 1.165) is 73.0 Å². The van der Waals surface area contributed by atoms with E-state index < -0.39 is 12.8 Å². The van der Waals surface area contributed by atoms with Crippen molar-refractivity contribution in [3.63, 3.8) is 0 Å². The van der Waals surface area contributed by atoms with Gasteiger partial charge in [-0.1, -0.05) is 11.3 Å². The second-order valence-corrected chi connectivity index (χ2v) is 11.1. The van der Waals surface area contributed by atoms with Gasteiger partial charge in [-0.3, -0.25) is 4.79 Å². The maximum Gasteiger partial charge on any atom is 0.422 e. The Morgan fingerprint density at radius 1 is 1.26 bits per heavy atom. The summed E-state index contributed by atoms with van der Waals surface area (Å²) in [5.74, 6) is 0.526. The number of Topliss-reactive ketones (excluding diaryl/α,β-unsaturated/α-hetero) is 1. The van der Waals surface area contributed by atoms with Crippen LogP contribution < -0.4 is 4.74 Å². The molecule has 2 aromatic rings. The molecule has 0 aromatic carbocycles. The second-order valence-electron chi connectivity index (χ2n) is 9.08. The maximum absolute atomic E-state index is 12.4. The Labute approximate surface area is 205 Å². The average Bonchev–Trinajstić information content (AvgIpc) is 3.32. The van der Waals surface area contributed by atoms with Gasteiger partial charge in [-0.2, -0.15) is 13.2 Å². The van der Waals surface area contributed by atoms with E-state index in [9.17, 15) is 18.0 Å². The standard InChI is InChI=1S/C23H30F3N3O3S2/c1-15-13-33-21(27-15)11-17(30)10-16-2-3-18(31-12-16)4-7-29-8-5-19-20(6-9-29)34-22(28-19)32-14-23(24,25)26/h13,16,18H,2-12,14H2,1H3/t16-,18-/m1/s1. The van der Waals surface area contributed by atoms with E-state index >= 15 is 0 Å². The Kier molecular flexibility index (Phi) is 8.60. The predicted molar refractivity (Wildman–Crippen MR) is 125 cm³/mol. The number of aromatic nitrogens is 2. The molecule has 0 bridgehead atoms. The number of ketones is 1. The molecule has 0 aliphatic carbocycles. The third-order valence-electron chi connectivity index (χ3n) is 6.20. The molecule has 11 heteroatoms. The van der Waals surface area contributed by atoms with Gasteiger partial charge in [-0.15, -0.1) is 11.3 Å². The van der Waals surface area contributed by atoms with Gasteiger partial charge >= 0.3 is 6.18 Å². The molecule has 188 valence electrons. The van der Waals surface area contributed by atoms with E-state index in [-0.39, 0.29) is 17.1 Å². The minimum Gasteiger partial charge on any atom is -0.460 e. The quantitative estimate of drug-likeness (QED) is 0.483. The van der Waals surface area contributed by atoms with Gasteiger partial charge in [0.25, 0.3) is 5.19 Å². The van der Waals surface area contributed by atoms with Crippen LogP contribution in [0.2, 0.25) is 0 Å². The Hall–Kier alpha value is -1.56. The molecule has 0 spiro atoms. The van der Waals surface area contributed by atoms with Gasteiger partial charge in [-0.25, -0.2) is 9.97 Å². The number of nitrogens with zero attached hydrogens (tertiary/aromatic N) is 3. The van der Waals surface area contributed by atoms with Crippen molar-refractivity contribution in [2.45, 2.75) is 64.1 Å². The Bertz CT molecular complexity index is 929. The number of hydrogen-bond acceptors (Lipinski definition) is 8. The van der Waals surface area contributed by atoms with Crippen molar-refractivity contribution in [2.75, 3.05) is 32.8 Å². The van der Waals surface area contributed by atoms with Gasteiger partial charge in [0.05, 0.1) is 24.8 Å². The molecule has 2 aromatic heterocycles. The molecule has 6 nitrogen and oxygen atoms in total. The van der Waals surface area contributed by atoms with E-state index in [1.54, 1.807) is 11.3 Å². The molecule has 34 heavy (non-hydrogen) atoms. The second kappa shape index (κ2) is 11.5. The Morgan fingerprint density at radius 2 is 2.09 bits per heavy atom. The summed E-state index contributed by atoms with van der Waals surface area (Å²) in [5, 5.41) is 2.98. The first-order valence-corrected chi connectivity index (χ1v) is 13.4. The van der Waals surface area contributed by atoms with Gasteiger partial charge in [0.15, 0.2) is 6.61 Å². The number of aryl methyl sites for hydroxylation is 1. The van der Waals surface area contributed by atoms with Crippen LogP contribution >= 0.6 is 22.7 Å². The summed E-state index contributed by atoms with van der Waals surface area (Å²) >= 11 is 2.77. The van der Waals surface area contributed by atoms with Gasteiger partial charge in [0.2, 0.25) is 0 Å². The number of carbonyl (C=O) groups excluding carboxylic acids is 1. The van der Waals surface area contributed by atoms with Crippen LogP contribution in [0.4, 0.5) is 13.2 Å². The topological polar surface area (TPSA) is 64.6 Å². The van der Waals surface area contributed by atoms with Crippen LogP contribution in [0.25, 0.3) is 0 Å². The number of halogens is 3. The van der Waals surface area contributed by atoms with Crippen molar-refractivity contribution in [3.8, 4) is 5.19 Å². The third-order valence-corrected chi connectivity index (χ3v) is 8.24. The average molecular weight is 518 g/mol. The van der Waals surface area contributed by atoms with Crippen molar-refractivity contribution < 1.29 is 27.4 Å². The van der Waals surface area contributed by atoms with E-state index in [1.807, 2.05) is 12.3 Å². The number of carbonyl (C=O) groups is 1. The fraction of sp³-hybridized carbons (Fsp3) is 0.696.